The summed E-state index contributed by atoms with van der Waals surface area (Å²) in [4.78, 5) is 26.7. The number of rotatable bonds is 5. The standard InChI is InChI=1S/C21H26N2O4/c1-21(2,3)15-7-8-18(26-4)17(11-15)22-20(25)14-10-19(24)23(12-14)13-16-6-5-9-27-16/h5-9,11,14H,10,12-13H2,1-4H3,(H,22,25)/t14-/m0/s1. The molecule has 3 rings (SSSR count). The van der Waals surface area contributed by atoms with Gasteiger partial charge in [0.1, 0.15) is 11.5 Å². The van der Waals surface area contributed by atoms with E-state index >= 15 is 0 Å². The summed E-state index contributed by atoms with van der Waals surface area (Å²) >= 11 is 0. The first-order chi connectivity index (χ1) is 12.8. The number of ether oxygens (including phenoxy) is 1. The number of nitrogens with zero attached hydrogens (tertiary/aromatic N) is 1. The molecule has 0 aliphatic carbocycles. The Morgan fingerprint density at radius 1 is 1.33 bits per heavy atom. The van der Waals surface area contributed by atoms with Crippen LogP contribution >= 0.6 is 0 Å². The van der Waals surface area contributed by atoms with Gasteiger partial charge in [-0.25, -0.2) is 0 Å². The summed E-state index contributed by atoms with van der Waals surface area (Å²) in [5.41, 5.74) is 1.68. The lowest BCUT2D eigenvalue weighted by Crippen LogP contribution is -2.28. The van der Waals surface area contributed by atoms with Crippen molar-refractivity contribution in [1.29, 1.82) is 0 Å². The molecule has 0 saturated carbocycles. The average Bonchev–Trinajstić information content (AvgIpc) is 3.24. The summed E-state index contributed by atoms with van der Waals surface area (Å²) in [6.07, 6.45) is 1.78. The van der Waals surface area contributed by atoms with Crippen LogP contribution < -0.4 is 10.1 Å². The normalized spacial score (nSPS) is 17.3. The summed E-state index contributed by atoms with van der Waals surface area (Å²) in [5, 5.41) is 2.95. The third-order valence-corrected chi connectivity index (χ3v) is 4.84. The molecule has 6 heteroatoms. The molecule has 1 saturated heterocycles. The maximum Gasteiger partial charge on any atom is 0.229 e. The minimum atomic E-state index is -0.393. The first kappa shape index (κ1) is 19.0. The van der Waals surface area contributed by atoms with Crippen molar-refractivity contribution in [3.8, 4) is 5.75 Å². The third kappa shape index (κ3) is 4.32. The van der Waals surface area contributed by atoms with E-state index in [1.165, 1.54) is 0 Å². The van der Waals surface area contributed by atoms with Gasteiger partial charge >= 0.3 is 0 Å². The van der Waals surface area contributed by atoms with Gasteiger partial charge in [-0.3, -0.25) is 9.59 Å². The highest BCUT2D eigenvalue weighted by Crippen LogP contribution is 2.32. The predicted molar refractivity (Wildman–Crippen MR) is 103 cm³/mol. The second-order valence-electron chi connectivity index (χ2n) is 7.91. The molecule has 0 bridgehead atoms. The van der Waals surface area contributed by atoms with Crippen LogP contribution in [0.25, 0.3) is 0 Å². The average molecular weight is 370 g/mol. The summed E-state index contributed by atoms with van der Waals surface area (Å²) < 4.78 is 10.7. The monoisotopic (exact) mass is 370 g/mol. The molecule has 1 fully saturated rings. The number of likely N-dealkylation sites (tertiary alicyclic amines) is 1. The van der Waals surface area contributed by atoms with Gasteiger partial charge in [-0.15, -0.1) is 0 Å². The van der Waals surface area contributed by atoms with Crippen LogP contribution in [0, 0.1) is 5.92 Å². The van der Waals surface area contributed by atoms with Gasteiger partial charge in [-0.2, -0.15) is 0 Å². The minimum absolute atomic E-state index is 0.0399. The molecular weight excluding hydrogens is 344 g/mol. The fraction of sp³-hybridized carbons (Fsp3) is 0.429. The molecule has 1 aromatic heterocycles. The van der Waals surface area contributed by atoms with Crippen molar-refractivity contribution in [1.82, 2.24) is 4.90 Å². The topological polar surface area (TPSA) is 71.8 Å². The Balaban J connectivity index is 1.71. The predicted octanol–water partition coefficient (Wildman–Crippen LogP) is 3.57. The van der Waals surface area contributed by atoms with Gasteiger partial charge in [0.2, 0.25) is 11.8 Å². The second-order valence-corrected chi connectivity index (χ2v) is 7.91. The Labute approximate surface area is 159 Å². The number of hydrogen-bond donors (Lipinski definition) is 1. The van der Waals surface area contributed by atoms with Crippen molar-refractivity contribution < 1.29 is 18.7 Å². The smallest absolute Gasteiger partial charge is 0.229 e. The fourth-order valence-electron chi connectivity index (χ4n) is 3.20. The van der Waals surface area contributed by atoms with Crippen molar-refractivity contribution in [2.24, 2.45) is 5.92 Å². The van der Waals surface area contributed by atoms with Crippen molar-refractivity contribution in [3.05, 3.63) is 47.9 Å². The first-order valence-electron chi connectivity index (χ1n) is 9.07. The summed E-state index contributed by atoms with van der Waals surface area (Å²) in [6.45, 7) is 7.11. The van der Waals surface area contributed by atoms with Crippen LogP contribution in [0.3, 0.4) is 0 Å². The number of carbonyl (C=O) groups is 2. The van der Waals surface area contributed by atoms with E-state index in [-0.39, 0.29) is 23.7 Å². The van der Waals surface area contributed by atoms with Crippen LogP contribution in [-0.4, -0.2) is 30.4 Å². The van der Waals surface area contributed by atoms with Crippen molar-refractivity contribution in [2.75, 3.05) is 19.0 Å². The highest BCUT2D eigenvalue weighted by molar-refractivity contribution is 5.98. The van der Waals surface area contributed by atoms with E-state index in [0.717, 1.165) is 5.56 Å². The van der Waals surface area contributed by atoms with Crippen molar-refractivity contribution >= 4 is 17.5 Å². The summed E-state index contributed by atoms with van der Waals surface area (Å²) in [6, 6.07) is 9.41. The van der Waals surface area contributed by atoms with E-state index in [0.29, 0.717) is 30.3 Å². The van der Waals surface area contributed by atoms with E-state index in [2.05, 4.69) is 26.1 Å². The van der Waals surface area contributed by atoms with Crippen molar-refractivity contribution in [2.45, 2.75) is 39.2 Å². The number of nitrogens with one attached hydrogen (secondary N) is 1. The van der Waals surface area contributed by atoms with Crippen LogP contribution in [-0.2, 0) is 21.5 Å². The second kappa shape index (κ2) is 7.47. The Kier molecular flexibility index (Phi) is 5.26. The zero-order valence-electron chi connectivity index (χ0n) is 16.2. The molecule has 2 amide bonds. The van der Waals surface area contributed by atoms with Gasteiger partial charge in [-0.1, -0.05) is 26.8 Å². The zero-order chi connectivity index (χ0) is 19.6. The maximum atomic E-state index is 12.8. The molecule has 1 aliphatic rings. The van der Waals surface area contributed by atoms with Crippen LogP contribution in [0.5, 0.6) is 5.75 Å². The van der Waals surface area contributed by atoms with Crippen LogP contribution in [0.4, 0.5) is 5.69 Å². The van der Waals surface area contributed by atoms with Gasteiger partial charge in [0.25, 0.3) is 0 Å². The number of benzene rings is 1. The Hall–Kier alpha value is -2.76. The lowest BCUT2D eigenvalue weighted by atomic mass is 9.86. The van der Waals surface area contributed by atoms with E-state index in [1.807, 2.05) is 24.3 Å². The molecule has 2 heterocycles. The molecule has 0 unspecified atom stereocenters. The molecular formula is C21H26N2O4. The zero-order valence-corrected chi connectivity index (χ0v) is 16.2. The molecule has 144 valence electrons. The fourth-order valence-corrected chi connectivity index (χ4v) is 3.20. The SMILES string of the molecule is COc1ccc(C(C)(C)C)cc1NC(=O)[C@H]1CC(=O)N(Cc2ccco2)C1. The largest absolute Gasteiger partial charge is 0.495 e. The molecule has 6 nitrogen and oxygen atoms in total. The molecule has 1 N–H and O–H groups in total. The van der Waals surface area contributed by atoms with Gasteiger partial charge in [0.05, 0.1) is 31.5 Å². The molecule has 1 aliphatic heterocycles. The highest BCUT2D eigenvalue weighted by Gasteiger charge is 2.35. The lowest BCUT2D eigenvalue weighted by molar-refractivity contribution is -0.128. The molecule has 1 aromatic carbocycles. The van der Waals surface area contributed by atoms with Crippen LogP contribution in [0.1, 0.15) is 38.5 Å². The quantitative estimate of drug-likeness (QED) is 0.873. The van der Waals surface area contributed by atoms with Gasteiger partial charge < -0.3 is 19.4 Å². The number of methoxy groups -OCH3 is 1. The van der Waals surface area contributed by atoms with Crippen LogP contribution in [0.15, 0.2) is 41.0 Å². The molecule has 27 heavy (non-hydrogen) atoms. The Bertz CT molecular complexity index is 821. The first-order valence-corrected chi connectivity index (χ1v) is 9.07. The van der Waals surface area contributed by atoms with E-state index in [4.69, 9.17) is 9.15 Å². The molecule has 0 spiro atoms. The number of carbonyl (C=O) groups excluding carboxylic acids is 2. The number of furan rings is 1. The molecule has 2 aromatic rings. The lowest BCUT2D eigenvalue weighted by Gasteiger charge is -2.22. The summed E-state index contributed by atoms with van der Waals surface area (Å²) in [5.74, 6) is 0.712. The summed E-state index contributed by atoms with van der Waals surface area (Å²) in [7, 11) is 1.58. The van der Waals surface area contributed by atoms with Gasteiger partial charge in [-0.05, 0) is 35.2 Å². The number of hydrogen-bond acceptors (Lipinski definition) is 4. The highest BCUT2D eigenvalue weighted by atomic mass is 16.5. The van der Waals surface area contributed by atoms with Gasteiger partial charge in [0.15, 0.2) is 0 Å². The minimum Gasteiger partial charge on any atom is -0.495 e. The van der Waals surface area contributed by atoms with E-state index in [9.17, 15) is 9.59 Å². The Morgan fingerprint density at radius 2 is 2.11 bits per heavy atom. The van der Waals surface area contributed by atoms with Gasteiger partial charge in [0, 0.05) is 13.0 Å². The number of amides is 2. The maximum absolute atomic E-state index is 12.8. The third-order valence-electron chi connectivity index (χ3n) is 4.84. The Morgan fingerprint density at radius 3 is 2.74 bits per heavy atom. The van der Waals surface area contributed by atoms with E-state index in [1.54, 1.807) is 24.3 Å². The number of anilines is 1. The van der Waals surface area contributed by atoms with Crippen molar-refractivity contribution in [3.63, 3.8) is 0 Å². The van der Waals surface area contributed by atoms with E-state index < -0.39 is 5.92 Å². The molecule has 0 radical (unpaired) electrons. The van der Waals surface area contributed by atoms with Crippen LogP contribution in [0.2, 0.25) is 0 Å². The molecule has 1 atom stereocenters.